The molecule has 0 aliphatic carbocycles. The summed E-state index contributed by atoms with van der Waals surface area (Å²) in [5, 5.41) is 11.7. The maximum Gasteiger partial charge on any atom is 0.140 e. The quantitative estimate of drug-likeness (QED) is 0.604. The van der Waals surface area contributed by atoms with Gasteiger partial charge in [0.05, 0.1) is 33.0 Å². The Morgan fingerprint density at radius 3 is 2.79 bits per heavy atom. The molecule has 4 rings (SSSR count). The van der Waals surface area contributed by atoms with Gasteiger partial charge in [-0.25, -0.2) is 9.97 Å². The van der Waals surface area contributed by atoms with Crippen molar-refractivity contribution in [2.45, 2.75) is 25.8 Å². The fourth-order valence-electron chi connectivity index (χ4n) is 3.99. The smallest absolute Gasteiger partial charge is 0.140 e. The van der Waals surface area contributed by atoms with Crippen molar-refractivity contribution in [3.8, 4) is 11.1 Å². The van der Waals surface area contributed by atoms with E-state index in [1.54, 1.807) is 12.4 Å². The van der Waals surface area contributed by atoms with E-state index in [1.165, 1.54) is 0 Å². The Labute approximate surface area is 179 Å². The van der Waals surface area contributed by atoms with E-state index >= 15 is 0 Å². The number of hydrogen-bond donors (Lipinski definition) is 1. The van der Waals surface area contributed by atoms with E-state index in [-0.39, 0.29) is 12.6 Å². The van der Waals surface area contributed by atoms with E-state index in [0.29, 0.717) is 23.0 Å². The molecule has 1 aliphatic rings. The minimum atomic E-state index is -0.775. The highest BCUT2D eigenvalue weighted by molar-refractivity contribution is 6.42. The lowest BCUT2D eigenvalue weighted by atomic mass is 9.79. The van der Waals surface area contributed by atoms with Crippen LogP contribution in [0.15, 0.2) is 42.7 Å². The first kappa shape index (κ1) is 20.1. The molecule has 0 saturated carbocycles. The summed E-state index contributed by atoms with van der Waals surface area (Å²) in [5.41, 5.74) is 1.88. The molecule has 0 radical (unpaired) electrons. The summed E-state index contributed by atoms with van der Waals surface area (Å²) in [4.78, 5) is 22.9. The number of fused-ring (bicyclic) bond motifs is 1. The lowest BCUT2D eigenvalue weighted by Gasteiger charge is -2.43. The maximum atomic E-state index is 11.8. The Kier molecular flexibility index (Phi) is 5.47. The first-order valence-corrected chi connectivity index (χ1v) is 10.3. The number of benzene rings is 2. The molecule has 0 amide bonds. The molecule has 150 valence electrons. The number of aldehydes is 1. The third-order valence-corrected chi connectivity index (χ3v) is 6.53. The SMILES string of the molecule is CC1CCC(C=O)(CO)CN1c1ncnc2cccc(-c3ccc(Cl)c(Cl)c3)c12. The number of halogens is 2. The fraction of sp³-hybridized carbons (Fsp3) is 0.318. The van der Waals surface area contributed by atoms with Crippen LogP contribution in [0, 0.1) is 5.41 Å². The number of rotatable bonds is 4. The summed E-state index contributed by atoms with van der Waals surface area (Å²) in [6.07, 6.45) is 3.88. The van der Waals surface area contributed by atoms with Gasteiger partial charge >= 0.3 is 0 Å². The lowest BCUT2D eigenvalue weighted by Crippen LogP contribution is -2.50. The first-order chi connectivity index (χ1) is 14.0. The fourth-order valence-corrected chi connectivity index (χ4v) is 4.29. The molecule has 29 heavy (non-hydrogen) atoms. The van der Waals surface area contributed by atoms with Crippen molar-refractivity contribution in [2.24, 2.45) is 5.41 Å². The average molecular weight is 430 g/mol. The zero-order chi connectivity index (χ0) is 20.6. The number of hydrogen-bond acceptors (Lipinski definition) is 5. The zero-order valence-electron chi connectivity index (χ0n) is 16.0. The second kappa shape index (κ2) is 7.90. The third kappa shape index (κ3) is 3.59. The van der Waals surface area contributed by atoms with E-state index in [2.05, 4.69) is 21.8 Å². The third-order valence-electron chi connectivity index (χ3n) is 5.79. The van der Waals surface area contributed by atoms with Crippen LogP contribution < -0.4 is 4.90 Å². The van der Waals surface area contributed by atoms with Crippen molar-refractivity contribution in [3.63, 3.8) is 0 Å². The Hall–Kier alpha value is -2.21. The van der Waals surface area contributed by atoms with E-state index in [9.17, 15) is 9.90 Å². The minimum Gasteiger partial charge on any atom is -0.395 e. The van der Waals surface area contributed by atoms with Gasteiger partial charge in [-0.05, 0) is 49.1 Å². The van der Waals surface area contributed by atoms with Gasteiger partial charge in [0.1, 0.15) is 18.4 Å². The van der Waals surface area contributed by atoms with Gasteiger partial charge in [0.25, 0.3) is 0 Å². The molecule has 1 aromatic heterocycles. The van der Waals surface area contributed by atoms with Crippen LogP contribution in [0.25, 0.3) is 22.0 Å². The monoisotopic (exact) mass is 429 g/mol. The van der Waals surface area contributed by atoms with Crippen LogP contribution in [0.3, 0.4) is 0 Å². The van der Waals surface area contributed by atoms with Crippen molar-refractivity contribution in [1.29, 1.82) is 0 Å². The van der Waals surface area contributed by atoms with Crippen LogP contribution in [-0.4, -0.2) is 40.6 Å². The molecule has 2 heterocycles. The van der Waals surface area contributed by atoms with Crippen molar-refractivity contribution in [2.75, 3.05) is 18.1 Å². The summed E-state index contributed by atoms with van der Waals surface area (Å²) in [6.45, 7) is 2.35. The molecule has 2 atom stereocenters. The Morgan fingerprint density at radius 2 is 2.07 bits per heavy atom. The van der Waals surface area contributed by atoms with Crippen LogP contribution in [0.4, 0.5) is 5.82 Å². The highest BCUT2D eigenvalue weighted by atomic mass is 35.5. The first-order valence-electron chi connectivity index (χ1n) is 9.51. The molecular weight excluding hydrogens is 409 g/mol. The van der Waals surface area contributed by atoms with Crippen LogP contribution in [0.2, 0.25) is 10.0 Å². The zero-order valence-corrected chi connectivity index (χ0v) is 17.5. The van der Waals surface area contributed by atoms with Gasteiger partial charge < -0.3 is 14.8 Å². The number of anilines is 1. The van der Waals surface area contributed by atoms with Gasteiger partial charge in [0.2, 0.25) is 0 Å². The highest BCUT2D eigenvalue weighted by Crippen LogP contribution is 2.40. The number of piperidine rings is 1. The molecule has 1 aliphatic heterocycles. The number of carbonyl (C=O) groups excluding carboxylic acids is 1. The van der Waals surface area contributed by atoms with E-state index in [4.69, 9.17) is 23.2 Å². The molecule has 1 N–H and O–H groups in total. The van der Waals surface area contributed by atoms with Crippen molar-refractivity contribution < 1.29 is 9.90 Å². The number of nitrogens with zero attached hydrogens (tertiary/aromatic N) is 3. The predicted molar refractivity (Wildman–Crippen MR) is 117 cm³/mol. The molecule has 1 saturated heterocycles. The summed E-state index contributed by atoms with van der Waals surface area (Å²) < 4.78 is 0. The van der Waals surface area contributed by atoms with Crippen molar-refractivity contribution in [3.05, 3.63) is 52.8 Å². The normalized spacial score (nSPS) is 22.1. The number of carbonyl (C=O) groups is 1. The lowest BCUT2D eigenvalue weighted by molar-refractivity contribution is -0.119. The number of aromatic nitrogens is 2. The van der Waals surface area contributed by atoms with E-state index in [1.807, 2.05) is 30.3 Å². The summed E-state index contributed by atoms with van der Waals surface area (Å²) in [6, 6.07) is 11.6. The minimum absolute atomic E-state index is 0.176. The molecule has 1 fully saturated rings. The van der Waals surface area contributed by atoms with E-state index in [0.717, 1.165) is 40.6 Å². The van der Waals surface area contributed by atoms with E-state index < -0.39 is 5.41 Å². The van der Waals surface area contributed by atoms with Crippen LogP contribution in [0.5, 0.6) is 0 Å². The molecule has 5 nitrogen and oxygen atoms in total. The molecule has 0 bridgehead atoms. The molecule has 0 spiro atoms. The molecule has 2 aromatic carbocycles. The standard InChI is InChI=1S/C22H21Cl2N3O2/c1-14-7-8-22(11-28,12-29)10-27(14)21-20-16(3-2-4-19(20)25-13-26-21)15-5-6-17(23)18(24)9-15/h2-6,9,11,13-14,29H,7-8,10,12H2,1H3. The van der Waals surface area contributed by atoms with Crippen molar-refractivity contribution >= 4 is 46.2 Å². The highest BCUT2D eigenvalue weighted by Gasteiger charge is 2.39. The van der Waals surface area contributed by atoms with Gasteiger partial charge in [0.15, 0.2) is 0 Å². The molecular formula is C22H21Cl2N3O2. The Bertz CT molecular complexity index is 1070. The number of aliphatic hydroxyl groups is 1. The Balaban J connectivity index is 1.91. The van der Waals surface area contributed by atoms with Gasteiger partial charge in [-0.2, -0.15) is 0 Å². The molecule has 7 heteroatoms. The topological polar surface area (TPSA) is 66.3 Å². The van der Waals surface area contributed by atoms with Gasteiger partial charge in [0, 0.05) is 12.6 Å². The maximum absolute atomic E-state index is 11.8. The largest absolute Gasteiger partial charge is 0.395 e. The van der Waals surface area contributed by atoms with Crippen LogP contribution in [-0.2, 0) is 4.79 Å². The van der Waals surface area contributed by atoms with Crippen molar-refractivity contribution in [1.82, 2.24) is 9.97 Å². The second-order valence-corrected chi connectivity index (χ2v) is 8.49. The van der Waals surface area contributed by atoms with Crippen LogP contribution >= 0.6 is 23.2 Å². The second-order valence-electron chi connectivity index (χ2n) is 7.68. The van der Waals surface area contributed by atoms with Crippen LogP contribution in [0.1, 0.15) is 19.8 Å². The predicted octanol–water partition coefficient (Wildman–Crippen LogP) is 4.77. The molecule has 2 unspecified atom stereocenters. The summed E-state index contributed by atoms with van der Waals surface area (Å²) in [7, 11) is 0. The summed E-state index contributed by atoms with van der Waals surface area (Å²) >= 11 is 12.4. The number of aliphatic hydroxyl groups excluding tert-OH is 1. The van der Waals surface area contributed by atoms with Gasteiger partial charge in [-0.15, -0.1) is 0 Å². The Morgan fingerprint density at radius 1 is 1.24 bits per heavy atom. The average Bonchev–Trinajstić information content (AvgIpc) is 2.75. The molecule has 3 aromatic rings. The van der Waals surface area contributed by atoms with Gasteiger partial charge in [-0.1, -0.05) is 41.4 Å². The van der Waals surface area contributed by atoms with Gasteiger partial charge in [-0.3, -0.25) is 0 Å². The summed E-state index contributed by atoms with van der Waals surface area (Å²) in [5.74, 6) is 0.753.